The largest absolute Gasteiger partial charge is 0.497 e. The van der Waals surface area contributed by atoms with Gasteiger partial charge in [0.25, 0.3) is 5.91 Å². The molecular formula is C19H19N3O2. The van der Waals surface area contributed by atoms with E-state index in [-0.39, 0.29) is 5.91 Å². The summed E-state index contributed by atoms with van der Waals surface area (Å²) in [5.74, 6) is 0.526. The summed E-state index contributed by atoms with van der Waals surface area (Å²) in [7, 11) is 1.62. The zero-order valence-corrected chi connectivity index (χ0v) is 13.9. The van der Waals surface area contributed by atoms with Gasteiger partial charge in [-0.25, -0.2) is 0 Å². The maximum atomic E-state index is 12.4. The molecule has 0 aliphatic rings. The van der Waals surface area contributed by atoms with E-state index in [1.165, 1.54) is 0 Å². The molecule has 0 bridgehead atoms. The molecule has 2 N–H and O–H groups in total. The first-order valence-corrected chi connectivity index (χ1v) is 7.64. The van der Waals surface area contributed by atoms with Crippen molar-refractivity contribution in [2.45, 2.75) is 13.8 Å². The second-order valence-electron chi connectivity index (χ2n) is 5.73. The second kappa shape index (κ2) is 6.58. The Balaban J connectivity index is 1.80. The molecule has 3 rings (SSSR count). The zero-order chi connectivity index (χ0) is 17.1. The number of nitrogens with one attached hydrogen (secondary N) is 2. The van der Waals surface area contributed by atoms with Crippen molar-refractivity contribution >= 4 is 11.6 Å². The molecule has 1 heterocycles. The van der Waals surface area contributed by atoms with Crippen molar-refractivity contribution in [2.24, 2.45) is 0 Å². The van der Waals surface area contributed by atoms with Gasteiger partial charge in [0.1, 0.15) is 11.4 Å². The standard InChI is InChI=1S/C19H19N3O2/c1-12-7-13(2)9-15(8-12)20-19(23)18-11-17(21-22-18)14-5-4-6-16(10-14)24-3/h4-11H,1-3H3,(H,20,23)(H,21,22). The Morgan fingerprint density at radius 2 is 1.83 bits per heavy atom. The Kier molecular flexibility index (Phi) is 4.33. The number of anilines is 1. The molecule has 1 amide bonds. The van der Waals surface area contributed by atoms with E-state index in [4.69, 9.17) is 4.74 Å². The van der Waals surface area contributed by atoms with E-state index in [1.807, 2.05) is 50.2 Å². The number of aromatic amines is 1. The van der Waals surface area contributed by atoms with Gasteiger partial charge < -0.3 is 10.1 Å². The summed E-state index contributed by atoms with van der Waals surface area (Å²) in [5, 5.41) is 9.90. The smallest absolute Gasteiger partial charge is 0.273 e. The van der Waals surface area contributed by atoms with Gasteiger partial charge in [0, 0.05) is 11.3 Å². The van der Waals surface area contributed by atoms with Crippen LogP contribution in [0.5, 0.6) is 5.75 Å². The maximum Gasteiger partial charge on any atom is 0.273 e. The van der Waals surface area contributed by atoms with Crippen LogP contribution in [0, 0.1) is 13.8 Å². The summed E-state index contributed by atoms with van der Waals surface area (Å²) < 4.78 is 5.21. The minimum Gasteiger partial charge on any atom is -0.497 e. The lowest BCUT2D eigenvalue weighted by atomic mass is 10.1. The summed E-state index contributed by atoms with van der Waals surface area (Å²) in [6.07, 6.45) is 0. The summed E-state index contributed by atoms with van der Waals surface area (Å²) in [6, 6.07) is 15.2. The van der Waals surface area contributed by atoms with Crippen LogP contribution in [0.4, 0.5) is 5.69 Å². The van der Waals surface area contributed by atoms with Crippen LogP contribution in [0.15, 0.2) is 48.5 Å². The Morgan fingerprint density at radius 1 is 1.08 bits per heavy atom. The van der Waals surface area contributed by atoms with Crippen molar-refractivity contribution in [1.82, 2.24) is 10.2 Å². The Hall–Kier alpha value is -3.08. The minimum atomic E-state index is -0.221. The lowest BCUT2D eigenvalue weighted by molar-refractivity contribution is 0.102. The normalized spacial score (nSPS) is 10.5. The number of carbonyl (C=O) groups excluding carboxylic acids is 1. The van der Waals surface area contributed by atoms with Crippen LogP contribution in [0.3, 0.4) is 0 Å². The lowest BCUT2D eigenvalue weighted by Gasteiger charge is -2.06. The van der Waals surface area contributed by atoms with Gasteiger partial charge in [-0.05, 0) is 55.3 Å². The number of nitrogens with zero attached hydrogens (tertiary/aromatic N) is 1. The highest BCUT2D eigenvalue weighted by atomic mass is 16.5. The van der Waals surface area contributed by atoms with Crippen molar-refractivity contribution in [2.75, 3.05) is 12.4 Å². The van der Waals surface area contributed by atoms with E-state index in [0.29, 0.717) is 11.4 Å². The van der Waals surface area contributed by atoms with Gasteiger partial charge in [0.15, 0.2) is 0 Å². The van der Waals surface area contributed by atoms with Gasteiger partial charge in [-0.3, -0.25) is 9.89 Å². The molecule has 0 saturated carbocycles. The van der Waals surface area contributed by atoms with Crippen LogP contribution in [0.2, 0.25) is 0 Å². The molecule has 5 heteroatoms. The fourth-order valence-corrected chi connectivity index (χ4v) is 2.61. The molecule has 3 aromatic rings. The molecule has 24 heavy (non-hydrogen) atoms. The quantitative estimate of drug-likeness (QED) is 0.764. The second-order valence-corrected chi connectivity index (χ2v) is 5.73. The highest BCUT2D eigenvalue weighted by Gasteiger charge is 2.12. The number of carbonyl (C=O) groups is 1. The summed E-state index contributed by atoms with van der Waals surface area (Å²) in [4.78, 5) is 12.4. The van der Waals surface area contributed by atoms with Crippen LogP contribution < -0.4 is 10.1 Å². The molecule has 0 fully saturated rings. The van der Waals surface area contributed by atoms with E-state index in [0.717, 1.165) is 28.1 Å². The average molecular weight is 321 g/mol. The summed E-state index contributed by atoms with van der Waals surface area (Å²) >= 11 is 0. The first-order chi connectivity index (χ1) is 11.5. The summed E-state index contributed by atoms with van der Waals surface area (Å²) in [6.45, 7) is 4.00. The van der Waals surface area contributed by atoms with Gasteiger partial charge in [-0.2, -0.15) is 5.10 Å². The number of aryl methyl sites for hydroxylation is 2. The molecule has 1 aromatic heterocycles. The number of aromatic nitrogens is 2. The molecule has 0 unspecified atom stereocenters. The number of hydrogen-bond donors (Lipinski definition) is 2. The number of H-pyrrole nitrogens is 1. The number of ether oxygens (including phenoxy) is 1. The maximum absolute atomic E-state index is 12.4. The van der Waals surface area contributed by atoms with Gasteiger partial charge in [-0.15, -0.1) is 0 Å². The van der Waals surface area contributed by atoms with Crippen LogP contribution in [0.25, 0.3) is 11.3 Å². The first kappa shape index (κ1) is 15.8. The number of hydrogen-bond acceptors (Lipinski definition) is 3. The Morgan fingerprint density at radius 3 is 2.54 bits per heavy atom. The third kappa shape index (κ3) is 3.46. The SMILES string of the molecule is COc1cccc(-c2cc(C(=O)Nc3cc(C)cc(C)c3)[nH]n2)c1. The van der Waals surface area contributed by atoms with E-state index in [9.17, 15) is 4.79 Å². The highest BCUT2D eigenvalue weighted by Crippen LogP contribution is 2.23. The van der Waals surface area contributed by atoms with Crippen molar-refractivity contribution in [3.8, 4) is 17.0 Å². The minimum absolute atomic E-state index is 0.221. The fraction of sp³-hybridized carbons (Fsp3) is 0.158. The topological polar surface area (TPSA) is 67.0 Å². The van der Waals surface area contributed by atoms with E-state index >= 15 is 0 Å². The average Bonchev–Trinajstić information content (AvgIpc) is 3.04. The van der Waals surface area contributed by atoms with E-state index in [2.05, 4.69) is 21.6 Å². The van der Waals surface area contributed by atoms with Crippen LogP contribution >= 0.6 is 0 Å². The number of rotatable bonds is 4. The third-order valence-electron chi connectivity index (χ3n) is 3.67. The summed E-state index contributed by atoms with van der Waals surface area (Å²) in [5.41, 5.74) is 4.97. The molecule has 0 atom stereocenters. The lowest BCUT2D eigenvalue weighted by Crippen LogP contribution is -2.12. The molecule has 5 nitrogen and oxygen atoms in total. The molecule has 0 aliphatic carbocycles. The van der Waals surface area contributed by atoms with Crippen molar-refractivity contribution in [1.29, 1.82) is 0 Å². The number of amides is 1. The van der Waals surface area contributed by atoms with Crippen LogP contribution in [0.1, 0.15) is 21.6 Å². The van der Waals surface area contributed by atoms with Gasteiger partial charge in [0.05, 0.1) is 12.8 Å². The first-order valence-electron chi connectivity index (χ1n) is 7.64. The number of methoxy groups -OCH3 is 1. The molecule has 0 spiro atoms. The molecule has 122 valence electrons. The predicted octanol–water partition coefficient (Wildman–Crippen LogP) is 3.95. The van der Waals surface area contributed by atoms with Crippen LogP contribution in [-0.2, 0) is 0 Å². The highest BCUT2D eigenvalue weighted by molar-refractivity contribution is 6.03. The van der Waals surface area contributed by atoms with Gasteiger partial charge in [0.2, 0.25) is 0 Å². The van der Waals surface area contributed by atoms with E-state index < -0.39 is 0 Å². The van der Waals surface area contributed by atoms with Crippen molar-refractivity contribution in [3.05, 3.63) is 65.4 Å². The molecule has 2 aromatic carbocycles. The molecule has 0 aliphatic heterocycles. The van der Waals surface area contributed by atoms with Gasteiger partial charge in [-0.1, -0.05) is 18.2 Å². The van der Waals surface area contributed by atoms with Crippen LogP contribution in [-0.4, -0.2) is 23.2 Å². The molecular weight excluding hydrogens is 302 g/mol. The molecule has 0 radical (unpaired) electrons. The van der Waals surface area contributed by atoms with Crippen molar-refractivity contribution < 1.29 is 9.53 Å². The van der Waals surface area contributed by atoms with Gasteiger partial charge >= 0.3 is 0 Å². The Bertz CT molecular complexity index is 864. The predicted molar refractivity (Wildman–Crippen MR) is 94.4 cm³/mol. The molecule has 0 saturated heterocycles. The Labute approximate surface area is 140 Å². The number of benzene rings is 2. The monoisotopic (exact) mass is 321 g/mol. The third-order valence-corrected chi connectivity index (χ3v) is 3.67. The van der Waals surface area contributed by atoms with Crippen molar-refractivity contribution in [3.63, 3.8) is 0 Å². The van der Waals surface area contributed by atoms with E-state index in [1.54, 1.807) is 13.2 Å². The zero-order valence-electron chi connectivity index (χ0n) is 13.9. The fourth-order valence-electron chi connectivity index (χ4n) is 2.61.